The van der Waals surface area contributed by atoms with Gasteiger partial charge in [-0.1, -0.05) is 0 Å². The van der Waals surface area contributed by atoms with Gasteiger partial charge in [-0.25, -0.2) is 0 Å². The molecule has 56 valence electrons. The Labute approximate surface area is 69.6 Å². The molecule has 2 heterocycles. The van der Waals surface area contributed by atoms with Crippen LogP contribution in [0, 0.1) is 0 Å². The van der Waals surface area contributed by atoms with Crippen LogP contribution < -0.4 is 9.45 Å². The first-order valence-electron chi connectivity index (χ1n) is 3.12. The van der Waals surface area contributed by atoms with Crippen molar-refractivity contribution in [3.63, 3.8) is 0 Å². The molecule has 0 aliphatic carbocycles. The van der Waals surface area contributed by atoms with Crippen LogP contribution in [0.5, 0.6) is 0 Å². The summed E-state index contributed by atoms with van der Waals surface area (Å²) in [6.07, 6.45) is 7.14. The zero-order valence-corrected chi connectivity index (χ0v) is 7.33. The average Bonchev–Trinajstić information content (AvgIpc) is 2.60. The van der Waals surface area contributed by atoms with E-state index in [1.165, 1.54) is 0 Å². The van der Waals surface area contributed by atoms with Crippen LogP contribution in [0.2, 0.25) is 0 Å². The van der Waals surface area contributed by atoms with Gasteiger partial charge in [-0.15, -0.1) is 0 Å². The van der Waals surface area contributed by atoms with Crippen molar-refractivity contribution in [2.24, 2.45) is 0 Å². The second-order valence-corrected chi connectivity index (χ2v) is 3.94. The van der Waals surface area contributed by atoms with Crippen LogP contribution in [-0.2, 0) is 0 Å². The molecule has 0 aliphatic rings. The Morgan fingerprint density at radius 3 is 1.91 bits per heavy atom. The van der Waals surface area contributed by atoms with Crippen LogP contribution in [0.15, 0.2) is 24.8 Å². The van der Waals surface area contributed by atoms with Gasteiger partial charge in [0.25, 0.3) is 0 Å². The number of H-pyrrole nitrogens is 2. The summed E-state index contributed by atoms with van der Waals surface area (Å²) in [5.74, 6) is 0. The third-order valence-corrected chi connectivity index (χ3v) is 2.89. The normalized spacial score (nSPS) is 10.2. The van der Waals surface area contributed by atoms with E-state index in [0.29, 0.717) is 0 Å². The van der Waals surface area contributed by atoms with E-state index in [9.17, 15) is 0 Å². The summed E-state index contributed by atoms with van der Waals surface area (Å²) in [5, 5.41) is 0. The molecule has 0 saturated carbocycles. The van der Waals surface area contributed by atoms with Crippen molar-refractivity contribution >= 4 is 24.4 Å². The number of hydrogen-bond donors (Lipinski definition) is 2. The van der Waals surface area contributed by atoms with E-state index in [0.717, 1.165) is 9.45 Å². The van der Waals surface area contributed by atoms with Crippen molar-refractivity contribution in [3.8, 4) is 0 Å². The Hall–Kier alpha value is -1.06. The number of nitrogens with one attached hydrogen (secondary N) is 2. The number of imidazole rings is 2. The van der Waals surface area contributed by atoms with Crippen molar-refractivity contribution < 1.29 is 0 Å². The molecule has 2 aromatic heterocycles. The molecule has 0 spiro atoms. The van der Waals surface area contributed by atoms with Gasteiger partial charge in [0.15, 0.2) is 0 Å². The molecule has 0 bridgehead atoms. The molecule has 0 amide bonds. The molecule has 0 radical (unpaired) electrons. The average molecular weight is 213 g/mol. The molecule has 0 atom stereocenters. The van der Waals surface area contributed by atoms with Crippen molar-refractivity contribution in [2.45, 2.75) is 0 Å². The number of aromatic amines is 2. The van der Waals surface area contributed by atoms with Crippen LogP contribution in [0.4, 0.5) is 0 Å². The fourth-order valence-corrected chi connectivity index (χ4v) is 2.10. The van der Waals surface area contributed by atoms with E-state index in [1.807, 2.05) is 12.4 Å². The molecule has 4 nitrogen and oxygen atoms in total. The summed E-state index contributed by atoms with van der Waals surface area (Å²) < 4.78 is 1.99. The van der Waals surface area contributed by atoms with Gasteiger partial charge in [-0.05, 0) is 0 Å². The van der Waals surface area contributed by atoms with E-state index in [2.05, 4.69) is 19.9 Å². The predicted octanol–water partition coefficient (Wildman–Crippen LogP) is -1.21. The molecular formula is C6H6N4Se. The second-order valence-electron chi connectivity index (χ2n) is 1.89. The topological polar surface area (TPSA) is 57.4 Å². The minimum absolute atomic E-state index is 0.188. The third kappa shape index (κ3) is 1.50. The molecule has 0 fully saturated rings. The van der Waals surface area contributed by atoms with Crippen LogP contribution >= 0.6 is 0 Å². The van der Waals surface area contributed by atoms with Crippen LogP contribution in [0.3, 0.4) is 0 Å². The third-order valence-electron chi connectivity index (χ3n) is 1.14. The molecule has 11 heavy (non-hydrogen) atoms. The van der Waals surface area contributed by atoms with Gasteiger partial charge in [-0.3, -0.25) is 0 Å². The molecule has 2 aromatic rings. The van der Waals surface area contributed by atoms with Crippen LogP contribution in [-0.4, -0.2) is 34.9 Å². The van der Waals surface area contributed by atoms with Gasteiger partial charge in [-0.2, -0.15) is 0 Å². The molecule has 0 saturated heterocycles. The Morgan fingerprint density at radius 1 is 1.00 bits per heavy atom. The van der Waals surface area contributed by atoms with Gasteiger partial charge in [0.1, 0.15) is 0 Å². The first-order chi connectivity index (χ1) is 5.45. The summed E-state index contributed by atoms with van der Waals surface area (Å²) in [4.78, 5) is 14.3. The van der Waals surface area contributed by atoms with E-state index in [1.54, 1.807) is 12.4 Å². The Balaban J connectivity index is 2.14. The van der Waals surface area contributed by atoms with Gasteiger partial charge >= 0.3 is 69.1 Å². The molecule has 2 N–H and O–H groups in total. The minimum atomic E-state index is 0.188. The van der Waals surface area contributed by atoms with Crippen molar-refractivity contribution in [1.29, 1.82) is 0 Å². The molecule has 0 aliphatic heterocycles. The fourth-order valence-electron chi connectivity index (χ4n) is 0.705. The number of rotatable bonds is 2. The monoisotopic (exact) mass is 214 g/mol. The second kappa shape index (κ2) is 2.90. The van der Waals surface area contributed by atoms with Crippen molar-refractivity contribution in [3.05, 3.63) is 24.8 Å². The molecule has 0 aromatic carbocycles. The summed E-state index contributed by atoms with van der Waals surface area (Å²) in [6.45, 7) is 0. The predicted molar refractivity (Wildman–Crippen MR) is 42.2 cm³/mol. The first-order valence-corrected chi connectivity index (χ1v) is 4.83. The van der Waals surface area contributed by atoms with E-state index in [-0.39, 0.29) is 15.0 Å². The Bertz CT molecular complexity index is 267. The molecule has 5 heteroatoms. The van der Waals surface area contributed by atoms with Crippen LogP contribution in [0.1, 0.15) is 0 Å². The quantitative estimate of drug-likeness (QED) is 0.615. The molecular weight excluding hydrogens is 207 g/mol. The van der Waals surface area contributed by atoms with Crippen molar-refractivity contribution in [2.75, 3.05) is 0 Å². The molecule has 0 unspecified atom stereocenters. The SMILES string of the molecule is c1c[nH]c([Se]c2ncc[nH]2)n1. The maximum absolute atomic E-state index is 4.10. The number of nitrogens with zero attached hydrogens (tertiary/aromatic N) is 2. The maximum atomic E-state index is 4.10. The Kier molecular flexibility index (Phi) is 1.75. The fraction of sp³-hybridized carbons (Fsp3) is 0. The van der Waals surface area contributed by atoms with E-state index < -0.39 is 0 Å². The summed E-state index contributed by atoms with van der Waals surface area (Å²) in [7, 11) is 0. The van der Waals surface area contributed by atoms with Gasteiger partial charge in [0.2, 0.25) is 0 Å². The zero-order chi connectivity index (χ0) is 7.52. The van der Waals surface area contributed by atoms with Crippen molar-refractivity contribution in [1.82, 2.24) is 19.9 Å². The van der Waals surface area contributed by atoms with E-state index in [4.69, 9.17) is 0 Å². The first kappa shape index (κ1) is 6.64. The summed E-state index contributed by atoms with van der Waals surface area (Å²) >= 11 is 0.188. The Morgan fingerprint density at radius 2 is 1.55 bits per heavy atom. The molecule has 2 rings (SSSR count). The van der Waals surface area contributed by atoms with E-state index >= 15 is 0 Å². The standard InChI is InChI=1S/C6H6N4Se/c1-2-8-5(7-1)11-6-9-3-4-10-6/h1-4H,(H,7,8)(H,9,10). The summed E-state index contributed by atoms with van der Waals surface area (Å²) in [6, 6.07) is 0. The van der Waals surface area contributed by atoms with Gasteiger partial charge in [0.05, 0.1) is 0 Å². The summed E-state index contributed by atoms with van der Waals surface area (Å²) in [5.41, 5.74) is 0. The number of hydrogen-bond acceptors (Lipinski definition) is 2. The van der Waals surface area contributed by atoms with Gasteiger partial charge < -0.3 is 0 Å². The number of aromatic nitrogens is 4. The van der Waals surface area contributed by atoms with Gasteiger partial charge in [0, 0.05) is 0 Å². The van der Waals surface area contributed by atoms with Crippen LogP contribution in [0.25, 0.3) is 0 Å². The zero-order valence-electron chi connectivity index (χ0n) is 5.61.